The second-order valence-electron chi connectivity index (χ2n) is 6.95. The summed E-state index contributed by atoms with van der Waals surface area (Å²) >= 11 is 0. The predicted octanol–water partition coefficient (Wildman–Crippen LogP) is 6.05. The maximum Gasteiger partial charge on any atom is 0.256 e. The van der Waals surface area contributed by atoms with Gasteiger partial charge in [0.2, 0.25) is 0 Å². The average molecular weight is 388 g/mol. The van der Waals surface area contributed by atoms with Gasteiger partial charge < -0.3 is 5.32 Å². The number of pyridine rings is 1. The Balaban J connectivity index is 1.80. The van der Waals surface area contributed by atoms with Gasteiger partial charge in [-0.2, -0.15) is 0 Å². The van der Waals surface area contributed by atoms with E-state index < -0.39 is 17.5 Å². The fraction of sp³-hybridized carbons (Fsp3) is 0.0833. The van der Waals surface area contributed by atoms with Gasteiger partial charge in [-0.05, 0) is 55.3 Å². The van der Waals surface area contributed by atoms with E-state index in [1.807, 2.05) is 56.3 Å². The van der Waals surface area contributed by atoms with Gasteiger partial charge in [-0.3, -0.25) is 4.79 Å². The Bertz CT molecular complexity index is 1250. The number of aromatic nitrogens is 1. The molecule has 3 nitrogen and oxygen atoms in total. The highest BCUT2D eigenvalue weighted by Gasteiger charge is 2.15. The molecule has 0 fully saturated rings. The molecule has 0 radical (unpaired) electrons. The topological polar surface area (TPSA) is 42.0 Å². The quantitative estimate of drug-likeness (QED) is 0.464. The van der Waals surface area contributed by atoms with Crippen LogP contribution in [-0.2, 0) is 0 Å². The van der Waals surface area contributed by atoms with Gasteiger partial charge in [0.25, 0.3) is 5.91 Å². The van der Waals surface area contributed by atoms with Crippen molar-refractivity contribution in [3.8, 4) is 11.3 Å². The van der Waals surface area contributed by atoms with E-state index in [1.165, 1.54) is 11.6 Å². The number of para-hydroxylation sites is 1. The third-order valence-corrected chi connectivity index (χ3v) is 4.94. The summed E-state index contributed by atoms with van der Waals surface area (Å²) in [7, 11) is 0. The zero-order valence-corrected chi connectivity index (χ0v) is 16.0. The number of carbonyl (C=O) groups excluding carboxylic acids is 1. The number of nitrogens with one attached hydrogen (secondary N) is 1. The Morgan fingerprint density at radius 3 is 2.41 bits per heavy atom. The summed E-state index contributed by atoms with van der Waals surface area (Å²) in [5, 5.41) is 3.32. The summed E-state index contributed by atoms with van der Waals surface area (Å²) in [5.74, 6) is -2.40. The Kier molecular flexibility index (Phi) is 4.80. The van der Waals surface area contributed by atoms with Crippen LogP contribution < -0.4 is 5.32 Å². The molecule has 1 N–H and O–H groups in total. The van der Waals surface area contributed by atoms with Crippen molar-refractivity contribution >= 4 is 22.5 Å². The Labute approximate surface area is 167 Å². The molecule has 0 spiro atoms. The van der Waals surface area contributed by atoms with E-state index in [1.54, 1.807) is 6.07 Å². The van der Waals surface area contributed by atoms with E-state index in [9.17, 15) is 13.6 Å². The molecule has 1 amide bonds. The molecular weight excluding hydrogens is 370 g/mol. The summed E-state index contributed by atoms with van der Waals surface area (Å²) in [6.07, 6.45) is 0. The van der Waals surface area contributed by atoms with Crippen LogP contribution in [-0.4, -0.2) is 10.9 Å². The fourth-order valence-electron chi connectivity index (χ4n) is 3.18. The van der Waals surface area contributed by atoms with Crippen molar-refractivity contribution < 1.29 is 13.6 Å². The lowest BCUT2D eigenvalue weighted by Gasteiger charge is -2.12. The molecule has 0 bridgehead atoms. The summed E-state index contributed by atoms with van der Waals surface area (Å²) in [5.41, 5.74) is 5.15. The van der Waals surface area contributed by atoms with Crippen molar-refractivity contribution in [3.63, 3.8) is 0 Å². The monoisotopic (exact) mass is 388 g/mol. The molecule has 0 aliphatic carbocycles. The first kappa shape index (κ1) is 18.7. The van der Waals surface area contributed by atoms with Crippen LogP contribution in [0.1, 0.15) is 21.5 Å². The third kappa shape index (κ3) is 3.72. The van der Waals surface area contributed by atoms with Crippen LogP contribution in [0.3, 0.4) is 0 Å². The van der Waals surface area contributed by atoms with Crippen molar-refractivity contribution in [1.29, 1.82) is 0 Å². The zero-order valence-electron chi connectivity index (χ0n) is 16.0. The number of halogens is 2. The van der Waals surface area contributed by atoms with E-state index in [-0.39, 0.29) is 5.69 Å². The maximum absolute atomic E-state index is 13.5. The molecule has 5 heteroatoms. The average Bonchev–Trinajstić information content (AvgIpc) is 2.72. The number of nitrogens with zero attached hydrogens (tertiary/aromatic N) is 1. The molecule has 0 aliphatic heterocycles. The molecule has 0 saturated carbocycles. The number of amides is 1. The minimum Gasteiger partial charge on any atom is -0.322 e. The number of benzene rings is 3. The van der Waals surface area contributed by atoms with Crippen molar-refractivity contribution in [2.75, 3.05) is 5.32 Å². The van der Waals surface area contributed by atoms with Crippen molar-refractivity contribution in [3.05, 3.63) is 95.1 Å². The van der Waals surface area contributed by atoms with Crippen LogP contribution in [0.4, 0.5) is 14.5 Å². The smallest absolute Gasteiger partial charge is 0.256 e. The maximum atomic E-state index is 13.5. The molecule has 0 saturated heterocycles. The van der Waals surface area contributed by atoms with Gasteiger partial charge in [0.05, 0.1) is 16.8 Å². The SMILES string of the molecule is Cc1ccc(-c2cc(C(=O)Nc3ccc(F)c(F)c3)c3ccccc3n2)cc1C. The molecule has 3 aromatic carbocycles. The number of hydrogen-bond acceptors (Lipinski definition) is 2. The first-order valence-corrected chi connectivity index (χ1v) is 9.16. The summed E-state index contributed by atoms with van der Waals surface area (Å²) < 4.78 is 26.7. The minimum atomic E-state index is -1.02. The zero-order chi connectivity index (χ0) is 20.5. The number of hydrogen-bond donors (Lipinski definition) is 1. The molecule has 29 heavy (non-hydrogen) atoms. The molecule has 144 valence electrons. The molecular formula is C24H18F2N2O. The van der Waals surface area contributed by atoms with E-state index in [2.05, 4.69) is 5.32 Å². The highest BCUT2D eigenvalue weighted by atomic mass is 19.2. The predicted molar refractivity (Wildman–Crippen MR) is 111 cm³/mol. The van der Waals surface area contributed by atoms with Gasteiger partial charge in [-0.1, -0.05) is 30.3 Å². The Morgan fingerprint density at radius 2 is 1.66 bits per heavy atom. The summed E-state index contributed by atoms with van der Waals surface area (Å²) in [4.78, 5) is 17.7. The minimum absolute atomic E-state index is 0.183. The lowest BCUT2D eigenvalue weighted by molar-refractivity contribution is 0.102. The van der Waals surface area contributed by atoms with E-state index in [0.29, 0.717) is 22.2 Å². The van der Waals surface area contributed by atoms with Gasteiger partial charge in [-0.15, -0.1) is 0 Å². The van der Waals surface area contributed by atoms with Gasteiger partial charge in [-0.25, -0.2) is 13.8 Å². The van der Waals surface area contributed by atoms with E-state index >= 15 is 0 Å². The van der Waals surface area contributed by atoms with Crippen LogP contribution in [0, 0.1) is 25.5 Å². The van der Waals surface area contributed by atoms with Crippen LogP contribution in [0.5, 0.6) is 0 Å². The van der Waals surface area contributed by atoms with Crippen molar-refractivity contribution in [2.24, 2.45) is 0 Å². The van der Waals surface area contributed by atoms with E-state index in [4.69, 9.17) is 4.98 Å². The van der Waals surface area contributed by atoms with Gasteiger partial charge >= 0.3 is 0 Å². The first-order chi connectivity index (χ1) is 13.9. The highest BCUT2D eigenvalue weighted by molar-refractivity contribution is 6.13. The van der Waals surface area contributed by atoms with Crippen molar-refractivity contribution in [2.45, 2.75) is 13.8 Å². The Morgan fingerprint density at radius 1 is 0.862 bits per heavy atom. The highest BCUT2D eigenvalue weighted by Crippen LogP contribution is 2.27. The van der Waals surface area contributed by atoms with Crippen LogP contribution in [0.15, 0.2) is 66.7 Å². The van der Waals surface area contributed by atoms with Gasteiger partial charge in [0.1, 0.15) is 0 Å². The largest absolute Gasteiger partial charge is 0.322 e. The van der Waals surface area contributed by atoms with Crippen LogP contribution >= 0.6 is 0 Å². The molecule has 1 aromatic heterocycles. The standard InChI is InChI=1S/C24H18F2N2O/c1-14-7-8-16(11-15(14)2)23-13-19(18-5-3-4-6-22(18)28-23)24(29)27-17-9-10-20(25)21(26)12-17/h3-13H,1-2H3,(H,27,29). The van der Waals surface area contributed by atoms with Crippen LogP contribution in [0.25, 0.3) is 22.2 Å². The lowest BCUT2D eigenvalue weighted by atomic mass is 10.0. The third-order valence-electron chi connectivity index (χ3n) is 4.94. The number of fused-ring (bicyclic) bond motifs is 1. The normalized spacial score (nSPS) is 10.9. The molecule has 0 atom stereocenters. The van der Waals surface area contributed by atoms with Crippen LogP contribution in [0.2, 0.25) is 0 Å². The summed E-state index contributed by atoms with van der Waals surface area (Å²) in [6, 6.07) is 18.3. The Hall–Kier alpha value is -3.60. The number of aryl methyl sites for hydroxylation is 2. The van der Waals surface area contributed by atoms with Gasteiger partial charge in [0, 0.05) is 22.7 Å². The molecule has 0 unspecified atom stereocenters. The molecule has 4 aromatic rings. The van der Waals surface area contributed by atoms with Gasteiger partial charge in [0.15, 0.2) is 11.6 Å². The fourth-order valence-corrected chi connectivity index (χ4v) is 3.18. The molecule has 0 aliphatic rings. The van der Waals surface area contributed by atoms with E-state index in [0.717, 1.165) is 23.3 Å². The second-order valence-corrected chi connectivity index (χ2v) is 6.95. The number of carbonyl (C=O) groups is 1. The summed E-state index contributed by atoms with van der Waals surface area (Å²) in [6.45, 7) is 4.06. The first-order valence-electron chi connectivity index (χ1n) is 9.16. The molecule has 4 rings (SSSR count). The van der Waals surface area contributed by atoms with Crippen molar-refractivity contribution in [1.82, 2.24) is 4.98 Å². The molecule has 1 heterocycles. The number of anilines is 1. The number of rotatable bonds is 3. The second kappa shape index (κ2) is 7.43. The lowest BCUT2D eigenvalue weighted by Crippen LogP contribution is -2.13.